The Bertz CT molecular complexity index is 783. The summed E-state index contributed by atoms with van der Waals surface area (Å²) in [7, 11) is 1.31. The van der Waals surface area contributed by atoms with E-state index in [2.05, 4.69) is 19.2 Å². The topological polar surface area (TPSA) is 75.7 Å². The standard InChI is InChI=1S/C23H32N2O4/c1-15(2)14-25-21(27)18-11-7-6-10-17(18)19(23(25)12-8-5-9-13-23)20(26)24-16(3)22(28)29-4/h6-7,10-11,15-16,19H,5,8-9,12-14H2,1-4H3,(H,24,26)/t16-,19+/m0/s1. The highest BCUT2D eigenvalue weighted by Gasteiger charge is 2.54. The van der Waals surface area contributed by atoms with E-state index in [0.717, 1.165) is 37.7 Å². The van der Waals surface area contributed by atoms with E-state index in [1.165, 1.54) is 7.11 Å². The number of fused-ring (bicyclic) bond motifs is 1. The van der Waals surface area contributed by atoms with Crippen LogP contribution in [0.2, 0.25) is 0 Å². The zero-order chi connectivity index (χ0) is 21.2. The normalized spacial score (nSPS) is 21.6. The molecule has 2 amide bonds. The van der Waals surface area contributed by atoms with Gasteiger partial charge in [-0.25, -0.2) is 4.79 Å². The smallest absolute Gasteiger partial charge is 0.328 e. The zero-order valence-corrected chi connectivity index (χ0v) is 17.9. The van der Waals surface area contributed by atoms with Crippen LogP contribution in [0.3, 0.4) is 0 Å². The van der Waals surface area contributed by atoms with Gasteiger partial charge in [0, 0.05) is 12.1 Å². The van der Waals surface area contributed by atoms with Gasteiger partial charge in [-0.15, -0.1) is 0 Å². The van der Waals surface area contributed by atoms with Crippen LogP contribution in [0.15, 0.2) is 24.3 Å². The van der Waals surface area contributed by atoms with E-state index in [-0.39, 0.29) is 11.8 Å². The Morgan fingerprint density at radius 1 is 1.17 bits per heavy atom. The Labute approximate surface area is 173 Å². The van der Waals surface area contributed by atoms with Crippen LogP contribution < -0.4 is 5.32 Å². The lowest BCUT2D eigenvalue weighted by molar-refractivity contribution is -0.145. The molecule has 2 atom stereocenters. The summed E-state index contributed by atoms with van der Waals surface area (Å²) in [6, 6.07) is 6.69. The van der Waals surface area contributed by atoms with Gasteiger partial charge >= 0.3 is 5.97 Å². The van der Waals surface area contributed by atoms with Gasteiger partial charge in [0.2, 0.25) is 5.91 Å². The van der Waals surface area contributed by atoms with E-state index in [9.17, 15) is 14.4 Å². The van der Waals surface area contributed by atoms with Crippen molar-refractivity contribution in [3.05, 3.63) is 35.4 Å². The molecule has 1 spiro atoms. The van der Waals surface area contributed by atoms with Crippen LogP contribution in [0.1, 0.15) is 74.7 Å². The van der Waals surface area contributed by atoms with Crippen LogP contribution in [0.5, 0.6) is 0 Å². The Morgan fingerprint density at radius 2 is 1.83 bits per heavy atom. The van der Waals surface area contributed by atoms with E-state index in [1.54, 1.807) is 6.92 Å². The third-order valence-electron chi connectivity index (χ3n) is 6.27. The molecule has 1 heterocycles. The molecule has 1 aliphatic heterocycles. The lowest BCUT2D eigenvalue weighted by Crippen LogP contribution is -2.63. The summed E-state index contributed by atoms with van der Waals surface area (Å²) in [6.07, 6.45) is 4.68. The maximum atomic E-state index is 13.5. The van der Waals surface area contributed by atoms with Gasteiger partial charge in [-0.05, 0) is 37.3 Å². The van der Waals surface area contributed by atoms with Crippen molar-refractivity contribution in [2.75, 3.05) is 13.7 Å². The summed E-state index contributed by atoms with van der Waals surface area (Å²) in [4.78, 5) is 40.9. The molecule has 6 heteroatoms. The van der Waals surface area contributed by atoms with Crippen molar-refractivity contribution < 1.29 is 19.1 Å². The number of carbonyl (C=O) groups excluding carboxylic acids is 3. The minimum absolute atomic E-state index is 0.0151. The summed E-state index contributed by atoms with van der Waals surface area (Å²) in [5.41, 5.74) is 0.817. The van der Waals surface area contributed by atoms with Crippen LogP contribution >= 0.6 is 0 Å². The Balaban J connectivity index is 2.10. The fraction of sp³-hybridized carbons (Fsp3) is 0.609. The molecule has 1 fully saturated rings. The number of ether oxygens (including phenoxy) is 1. The molecule has 1 aromatic rings. The van der Waals surface area contributed by atoms with Crippen LogP contribution in [-0.2, 0) is 14.3 Å². The van der Waals surface area contributed by atoms with Crippen molar-refractivity contribution in [2.24, 2.45) is 5.92 Å². The van der Waals surface area contributed by atoms with Gasteiger partial charge in [0.05, 0.1) is 18.6 Å². The first kappa shape index (κ1) is 21.3. The molecule has 1 saturated carbocycles. The summed E-state index contributed by atoms with van der Waals surface area (Å²) in [5, 5.41) is 2.85. The third kappa shape index (κ3) is 3.89. The number of methoxy groups -OCH3 is 1. The maximum absolute atomic E-state index is 13.5. The molecule has 1 aromatic carbocycles. The first-order valence-corrected chi connectivity index (χ1v) is 10.6. The second kappa shape index (κ2) is 8.56. The first-order chi connectivity index (χ1) is 13.8. The molecule has 0 saturated heterocycles. The van der Waals surface area contributed by atoms with E-state index in [0.29, 0.717) is 18.0 Å². The Morgan fingerprint density at radius 3 is 2.45 bits per heavy atom. The van der Waals surface area contributed by atoms with Crippen LogP contribution in [0, 0.1) is 5.92 Å². The number of hydrogen-bond acceptors (Lipinski definition) is 4. The van der Waals surface area contributed by atoms with Gasteiger partial charge < -0.3 is 15.0 Å². The summed E-state index contributed by atoms with van der Waals surface area (Å²) < 4.78 is 4.78. The second-order valence-electron chi connectivity index (χ2n) is 8.75. The maximum Gasteiger partial charge on any atom is 0.328 e. The van der Waals surface area contributed by atoms with Gasteiger partial charge in [0.15, 0.2) is 0 Å². The molecule has 3 rings (SSSR count). The van der Waals surface area contributed by atoms with Crippen molar-refractivity contribution >= 4 is 17.8 Å². The number of rotatable bonds is 5. The van der Waals surface area contributed by atoms with Crippen molar-refractivity contribution in [1.29, 1.82) is 0 Å². The number of nitrogens with one attached hydrogen (secondary N) is 1. The third-order valence-corrected chi connectivity index (χ3v) is 6.27. The monoisotopic (exact) mass is 400 g/mol. The molecule has 158 valence electrons. The molecule has 0 radical (unpaired) electrons. The highest BCUT2D eigenvalue weighted by atomic mass is 16.5. The SMILES string of the molecule is COC(=O)[C@H](C)NC(=O)[C@H]1c2ccccc2C(=O)N(CC(C)C)C12CCCCC2. The lowest BCUT2D eigenvalue weighted by Gasteiger charge is -2.54. The van der Waals surface area contributed by atoms with Crippen molar-refractivity contribution in [1.82, 2.24) is 10.2 Å². The lowest BCUT2D eigenvalue weighted by atomic mass is 9.65. The number of hydrogen-bond donors (Lipinski definition) is 1. The van der Waals surface area contributed by atoms with Crippen molar-refractivity contribution in [3.8, 4) is 0 Å². The minimum Gasteiger partial charge on any atom is -0.467 e. The van der Waals surface area contributed by atoms with E-state index in [1.807, 2.05) is 29.2 Å². The largest absolute Gasteiger partial charge is 0.467 e. The molecule has 0 aromatic heterocycles. The quantitative estimate of drug-likeness (QED) is 0.770. The van der Waals surface area contributed by atoms with E-state index >= 15 is 0 Å². The van der Waals surface area contributed by atoms with Crippen LogP contribution in [0.4, 0.5) is 0 Å². The number of nitrogens with zero attached hydrogens (tertiary/aromatic N) is 1. The average Bonchev–Trinajstić information content (AvgIpc) is 2.71. The summed E-state index contributed by atoms with van der Waals surface area (Å²) >= 11 is 0. The molecule has 0 bridgehead atoms. The van der Waals surface area contributed by atoms with Crippen molar-refractivity contribution in [2.45, 2.75) is 70.4 Å². The predicted octanol–water partition coefficient (Wildman–Crippen LogP) is 3.26. The van der Waals surface area contributed by atoms with Gasteiger partial charge in [0.25, 0.3) is 5.91 Å². The number of amides is 2. The van der Waals surface area contributed by atoms with Crippen LogP contribution in [0.25, 0.3) is 0 Å². The molecular weight excluding hydrogens is 368 g/mol. The van der Waals surface area contributed by atoms with Gasteiger partial charge in [0.1, 0.15) is 6.04 Å². The van der Waals surface area contributed by atoms with Crippen LogP contribution in [-0.4, -0.2) is 47.9 Å². The highest BCUT2D eigenvalue weighted by Crippen LogP contribution is 2.49. The Hall–Kier alpha value is -2.37. The molecule has 1 N–H and O–H groups in total. The minimum atomic E-state index is -0.739. The number of benzene rings is 1. The second-order valence-corrected chi connectivity index (χ2v) is 8.75. The van der Waals surface area contributed by atoms with Gasteiger partial charge in [-0.2, -0.15) is 0 Å². The summed E-state index contributed by atoms with van der Waals surface area (Å²) in [5.74, 6) is -0.877. The number of esters is 1. The molecule has 29 heavy (non-hydrogen) atoms. The molecule has 6 nitrogen and oxygen atoms in total. The summed E-state index contributed by atoms with van der Waals surface area (Å²) in [6.45, 7) is 6.43. The number of carbonyl (C=O) groups is 3. The highest BCUT2D eigenvalue weighted by molar-refractivity contribution is 6.02. The molecule has 1 aliphatic carbocycles. The van der Waals surface area contributed by atoms with Crippen molar-refractivity contribution in [3.63, 3.8) is 0 Å². The average molecular weight is 401 g/mol. The molecule has 2 aliphatic rings. The van der Waals surface area contributed by atoms with Gasteiger partial charge in [-0.3, -0.25) is 9.59 Å². The molecule has 0 unspecified atom stereocenters. The first-order valence-electron chi connectivity index (χ1n) is 10.6. The Kier molecular flexibility index (Phi) is 6.30. The van der Waals surface area contributed by atoms with E-state index in [4.69, 9.17) is 4.74 Å². The molecular formula is C23H32N2O4. The van der Waals surface area contributed by atoms with Gasteiger partial charge in [-0.1, -0.05) is 51.3 Å². The fourth-order valence-corrected chi connectivity index (χ4v) is 5.01. The zero-order valence-electron chi connectivity index (χ0n) is 17.9. The predicted molar refractivity (Wildman–Crippen MR) is 110 cm³/mol. The van der Waals surface area contributed by atoms with E-state index < -0.39 is 23.5 Å². The fourth-order valence-electron chi connectivity index (χ4n) is 5.01.